The summed E-state index contributed by atoms with van der Waals surface area (Å²) < 4.78 is 10.6. The highest BCUT2D eigenvalue weighted by Crippen LogP contribution is 2.33. The van der Waals surface area contributed by atoms with Crippen LogP contribution in [-0.2, 0) is 11.2 Å². The van der Waals surface area contributed by atoms with E-state index < -0.39 is 17.9 Å². The van der Waals surface area contributed by atoms with Crippen LogP contribution in [0.3, 0.4) is 0 Å². The molecule has 1 rings (SSSR count). The van der Waals surface area contributed by atoms with Gasteiger partial charge < -0.3 is 19.9 Å². The molecular weight excluding hydrogens is 310 g/mol. The SMILES string of the molecule is C=CCc1cc(C(=O)NC(CCCC)C(=O)O)cc(OC)c1OC. The molecule has 0 spiro atoms. The normalized spacial score (nSPS) is 11.5. The third kappa shape index (κ3) is 5.01. The van der Waals surface area contributed by atoms with Crippen LogP contribution in [0.4, 0.5) is 0 Å². The Labute approximate surface area is 142 Å². The van der Waals surface area contributed by atoms with Gasteiger partial charge in [0.1, 0.15) is 6.04 Å². The number of carboxylic acid groups (broad SMARTS) is 1. The van der Waals surface area contributed by atoms with Crippen molar-refractivity contribution in [3.05, 3.63) is 35.9 Å². The maximum absolute atomic E-state index is 12.5. The third-order valence-corrected chi connectivity index (χ3v) is 3.63. The average molecular weight is 335 g/mol. The van der Waals surface area contributed by atoms with E-state index in [0.717, 1.165) is 18.4 Å². The lowest BCUT2D eigenvalue weighted by atomic mass is 10.0. The number of rotatable bonds is 10. The molecule has 0 saturated heterocycles. The number of carbonyl (C=O) groups is 2. The summed E-state index contributed by atoms with van der Waals surface area (Å²) in [5, 5.41) is 11.8. The number of methoxy groups -OCH3 is 2. The minimum atomic E-state index is -1.04. The molecule has 0 radical (unpaired) electrons. The van der Waals surface area contributed by atoms with E-state index in [2.05, 4.69) is 11.9 Å². The number of benzene rings is 1. The summed E-state index contributed by atoms with van der Waals surface area (Å²) in [7, 11) is 3.01. The highest BCUT2D eigenvalue weighted by Gasteiger charge is 2.22. The van der Waals surface area contributed by atoms with Crippen molar-refractivity contribution in [2.75, 3.05) is 14.2 Å². The van der Waals surface area contributed by atoms with Crippen LogP contribution in [0, 0.1) is 0 Å². The van der Waals surface area contributed by atoms with E-state index in [0.29, 0.717) is 29.9 Å². The lowest BCUT2D eigenvalue weighted by Gasteiger charge is -2.17. The molecule has 0 saturated carbocycles. The van der Waals surface area contributed by atoms with Crippen molar-refractivity contribution in [2.24, 2.45) is 0 Å². The van der Waals surface area contributed by atoms with E-state index in [1.165, 1.54) is 14.2 Å². The second-order valence-electron chi connectivity index (χ2n) is 5.37. The molecule has 0 aliphatic carbocycles. The Balaban J connectivity index is 3.10. The van der Waals surface area contributed by atoms with Crippen LogP contribution in [-0.4, -0.2) is 37.2 Å². The molecule has 1 aromatic rings. The zero-order valence-corrected chi connectivity index (χ0v) is 14.4. The first kappa shape index (κ1) is 19.5. The maximum Gasteiger partial charge on any atom is 0.326 e. The van der Waals surface area contributed by atoms with Crippen LogP contribution in [0.25, 0.3) is 0 Å². The molecule has 6 heteroatoms. The Morgan fingerprint density at radius 1 is 1.33 bits per heavy atom. The van der Waals surface area contributed by atoms with Crippen molar-refractivity contribution in [2.45, 2.75) is 38.6 Å². The summed E-state index contributed by atoms with van der Waals surface area (Å²) in [4.78, 5) is 23.7. The summed E-state index contributed by atoms with van der Waals surface area (Å²) >= 11 is 0. The fraction of sp³-hybridized carbons (Fsp3) is 0.444. The number of ether oxygens (including phenoxy) is 2. The van der Waals surface area contributed by atoms with Gasteiger partial charge in [0, 0.05) is 11.1 Å². The minimum Gasteiger partial charge on any atom is -0.493 e. The van der Waals surface area contributed by atoms with Crippen molar-refractivity contribution in [1.82, 2.24) is 5.32 Å². The van der Waals surface area contributed by atoms with Crippen LogP contribution in [0.5, 0.6) is 11.5 Å². The lowest BCUT2D eigenvalue weighted by molar-refractivity contribution is -0.139. The van der Waals surface area contributed by atoms with Gasteiger partial charge >= 0.3 is 5.97 Å². The van der Waals surface area contributed by atoms with E-state index in [1.807, 2.05) is 6.92 Å². The number of hydrogen-bond acceptors (Lipinski definition) is 4. The quantitative estimate of drug-likeness (QED) is 0.642. The lowest BCUT2D eigenvalue weighted by Crippen LogP contribution is -2.40. The van der Waals surface area contributed by atoms with E-state index in [4.69, 9.17) is 9.47 Å². The molecule has 1 aromatic carbocycles. The highest BCUT2D eigenvalue weighted by atomic mass is 16.5. The van der Waals surface area contributed by atoms with E-state index >= 15 is 0 Å². The minimum absolute atomic E-state index is 0.326. The zero-order chi connectivity index (χ0) is 18.1. The Hall–Kier alpha value is -2.50. The smallest absolute Gasteiger partial charge is 0.326 e. The standard InChI is InChI=1S/C18H25NO5/c1-5-7-9-14(18(21)22)19-17(20)13-10-12(8-6-2)16(24-4)15(11-13)23-3/h6,10-11,14H,2,5,7-9H2,1,3-4H3,(H,19,20)(H,21,22). The molecule has 0 heterocycles. The second kappa shape index (κ2) is 9.60. The average Bonchev–Trinajstić information content (AvgIpc) is 2.57. The molecule has 0 aliphatic rings. The molecule has 0 aliphatic heterocycles. The Bertz CT molecular complexity index is 597. The molecule has 0 fully saturated rings. The molecule has 1 unspecified atom stereocenters. The predicted octanol–water partition coefficient (Wildman–Crippen LogP) is 2.81. The predicted molar refractivity (Wildman–Crippen MR) is 91.9 cm³/mol. The molecule has 6 nitrogen and oxygen atoms in total. The van der Waals surface area contributed by atoms with Gasteiger partial charge in [0.2, 0.25) is 0 Å². The van der Waals surface area contributed by atoms with Gasteiger partial charge in [-0.25, -0.2) is 4.79 Å². The van der Waals surface area contributed by atoms with Crippen molar-refractivity contribution >= 4 is 11.9 Å². The summed E-state index contributed by atoms with van der Waals surface area (Å²) in [6.07, 6.45) is 4.17. The molecule has 132 valence electrons. The van der Waals surface area contributed by atoms with Crippen LogP contribution < -0.4 is 14.8 Å². The van der Waals surface area contributed by atoms with Gasteiger partial charge in [-0.1, -0.05) is 25.8 Å². The Kier molecular flexibility index (Phi) is 7.82. The van der Waals surface area contributed by atoms with Gasteiger partial charge in [-0.05, 0) is 25.0 Å². The van der Waals surface area contributed by atoms with Gasteiger partial charge in [0.05, 0.1) is 14.2 Å². The molecule has 2 N–H and O–H groups in total. The maximum atomic E-state index is 12.5. The Morgan fingerprint density at radius 3 is 2.54 bits per heavy atom. The number of aliphatic carboxylic acids is 1. The molecular formula is C18H25NO5. The van der Waals surface area contributed by atoms with Crippen molar-refractivity contribution in [1.29, 1.82) is 0 Å². The van der Waals surface area contributed by atoms with Crippen LogP contribution in [0.1, 0.15) is 42.1 Å². The summed E-state index contributed by atoms with van der Waals surface area (Å²) in [6.45, 7) is 5.66. The van der Waals surface area contributed by atoms with Crippen molar-refractivity contribution < 1.29 is 24.2 Å². The number of carboxylic acids is 1. The van der Waals surface area contributed by atoms with Gasteiger partial charge in [0.15, 0.2) is 11.5 Å². The number of nitrogens with one attached hydrogen (secondary N) is 1. The largest absolute Gasteiger partial charge is 0.493 e. The molecule has 1 atom stereocenters. The Morgan fingerprint density at radius 2 is 2.04 bits per heavy atom. The topological polar surface area (TPSA) is 84.9 Å². The first-order valence-electron chi connectivity index (χ1n) is 7.87. The van der Waals surface area contributed by atoms with Gasteiger partial charge in [0.25, 0.3) is 5.91 Å². The second-order valence-corrected chi connectivity index (χ2v) is 5.37. The number of hydrogen-bond donors (Lipinski definition) is 2. The first-order chi connectivity index (χ1) is 11.5. The summed E-state index contributed by atoms with van der Waals surface area (Å²) in [5.74, 6) is -0.537. The zero-order valence-electron chi connectivity index (χ0n) is 14.4. The number of unbranched alkanes of at least 4 members (excludes halogenated alkanes) is 1. The van der Waals surface area contributed by atoms with Gasteiger partial charge in [-0.15, -0.1) is 6.58 Å². The number of amides is 1. The molecule has 24 heavy (non-hydrogen) atoms. The molecule has 1 amide bonds. The van der Waals surface area contributed by atoms with Gasteiger partial charge in [-0.2, -0.15) is 0 Å². The highest BCUT2D eigenvalue weighted by molar-refractivity contribution is 5.97. The first-order valence-corrected chi connectivity index (χ1v) is 7.87. The molecule has 0 aromatic heterocycles. The van der Waals surface area contributed by atoms with Gasteiger partial charge in [-0.3, -0.25) is 4.79 Å². The van der Waals surface area contributed by atoms with E-state index in [-0.39, 0.29) is 0 Å². The fourth-order valence-corrected chi connectivity index (χ4v) is 2.39. The third-order valence-electron chi connectivity index (χ3n) is 3.63. The summed E-state index contributed by atoms with van der Waals surface area (Å²) in [6, 6.07) is 2.30. The van der Waals surface area contributed by atoms with Crippen LogP contribution in [0.2, 0.25) is 0 Å². The van der Waals surface area contributed by atoms with E-state index in [1.54, 1.807) is 18.2 Å². The van der Waals surface area contributed by atoms with Crippen molar-refractivity contribution in [3.63, 3.8) is 0 Å². The van der Waals surface area contributed by atoms with E-state index in [9.17, 15) is 14.7 Å². The van der Waals surface area contributed by atoms with Crippen molar-refractivity contribution in [3.8, 4) is 11.5 Å². The monoisotopic (exact) mass is 335 g/mol. The summed E-state index contributed by atoms with van der Waals surface area (Å²) in [5.41, 5.74) is 1.07. The number of allylic oxidation sites excluding steroid dienone is 1. The fourth-order valence-electron chi connectivity index (χ4n) is 2.39. The van der Waals surface area contributed by atoms with Crippen LogP contribution >= 0.6 is 0 Å². The van der Waals surface area contributed by atoms with Crippen LogP contribution in [0.15, 0.2) is 24.8 Å². The number of carbonyl (C=O) groups excluding carboxylic acids is 1. The molecule has 0 bridgehead atoms.